The van der Waals surface area contributed by atoms with Crippen LogP contribution in [0.4, 0.5) is 0 Å². The Kier molecular flexibility index (Phi) is 2.96. The van der Waals surface area contributed by atoms with Crippen molar-refractivity contribution >= 4 is 27.3 Å². The minimum Gasteiger partial charge on any atom is -0.383 e. The Morgan fingerprint density at radius 2 is 2.50 bits per heavy atom. The lowest BCUT2D eigenvalue weighted by Gasteiger charge is -2.33. The fourth-order valence-corrected chi connectivity index (χ4v) is 3.52. The predicted molar refractivity (Wildman–Crippen MR) is 61.3 cm³/mol. The summed E-state index contributed by atoms with van der Waals surface area (Å²) in [7, 11) is 0. The topological polar surface area (TPSA) is 33.1 Å². The second kappa shape index (κ2) is 3.91. The average Bonchev–Trinajstić information content (AvgIpc) is 2.52. The maximum Gasteiger partial charge on any atom is 0.125 e. The van der Waals surface area contributed by atoms with Crippen LogP contribution < -0.4 is 0 Å². The van der Waals surface area contributed by atoms with Crippen molar-refractivity contribution in [3.63, 3.8) is 0 Å². The summed E-state index contributed by atoms with van der Waals surface area (Å²) in [5, 5.41) is 11.3. The van der Waals surface area contributed by atoms with Gasteiger partial charge in [-0.15, -0.1) is 11.3 Å². The fraction of sp³-hybridized carbons (Fsp3) is 0.700. The van der Waals surface area contributed by atoms with Crippen molar-refractivity contribution < 1.29 is 5.11 Å². The highest BCUT2D eigenvalue weighted by Crippen LogP contribution is 2.41. The summed E-state index contributed by atoms with van der Waals surface area (Å²) < 4.78 is 0.999. The molecule has 0 spiro atoms. The molecule has 0 bridgehead atoms. The maximum absolute atomic E-state index is 10.5. The fourth-order valence-electron chi connectivity index (χ4n) is 2.19. The average molecular weight is 276 g/mol. The minimum absolute atomic E-state index is 0.608. The van der Waals surface area contributed by atoms with Gasteiger partial charge in [0.1, 0.15) is 10.6 Å². The molecule has 2 rings (SSSR count). The molecule has 0 saturated heterocycles. The third-order valence-corrected chi connectivity index (χ3v) is 4.52. The predicted octanol–water partition coefficient (Wildman–Crippen LogP) is 3.30. The van der Waals surface area contributed by atoms with E-state index in [1.165, 1.54) is 6.42 Å². The third-order valence-electron chi connectivity index (χ3n) is 2.85. The van der Waals surface area contributed by atoms with E-state index in [4.69, 9.17) is 0 Å². The molecule has 1 aromatic rings. The van der Waals surface area contributed by atoms with E-state index in [9.17, 15) is 5.11 Å². The number of nitrogens with zero attached hydrogens (tertiary/aromatic N) is 1. The van der Waals surface area contributed by atoms with Crippen LogP contribution in [0.5, 0.6) is 0 Å². The van der Waals surface area contributed by atoms with Gasteiger partial charge in [-0.25, -0.2) is 4.98 Å². The molecule has 78 valence electrons. The Bertz CT molecular complexity index is 328. The van der Waals surface area contributed by atoms with Gasteiger partial charge in [0.25, 0.3) is 0 Å². The quantitative estimate of drug-likeness (QED) is 0.853. The summed E-state index contributed by atoms with van der Waals surface area (Å²) in [5.41, 5.74) is -0.658. The Morgan fingerprint density at radius 3 is 3.07 bits per heavy atom. The molecular formula is C10H14BrNOS. The molecule has 4 heteroatoms. The van der Waals surface area contributed by atoms with Crippen LogP contribution in [0.15, 0.2) is 9.98 Å². The first-order valence-corrected chi connectivity index (χ1v) is 6.55. The second-order valence-electron chi connectivity index (χ2n) is 4.20. The van der Waals surface area contributed by atoms with Gasteiger partial charge in [-0.2, -0.15) is 0 Å². The molecule has 1 aliphatic carbocycles. The van der Waals surface area contributed by atoms with E-state index in [1.807, 2.05) is 0 Å². The van der Waals surface area contributed by atoms with Gasteiger partial charge in [0.15, 0.2) is 0 Å². The Hall–Kier alpha value is 0.0700. The summed E-state index contributed by atoms with van der Waals surface area (Å²) in [6, 6.07) is 0. The molecule has 1 unspecified atom stereocenters. The molecule has 2 nitrogen and oxygen atoms in total. The summed E-state index contributed by atoms with van der Waals surface area (Å²) in [4.78, 5) is 4.27. The lowest BCUT2D eigenvalue weighted by molar-refractivity contribution is -0.0180. The molecule has 0 amide bonds. The van der Waals surface area contributed by atoms with Crippen LogP contribution in [0.25, 0.3) is 0 Å². The highest BCUT2D eigenvalue weighted by atomic mass is 79.9. The third kappa shape index (κ3) is 2.02. The Balaban J connectivity index is 2.22. The van der Waals surface area contributed by atoms with E-state index in [2.05, 4.69) is 27.8 Å². The van der Waals surface area contributed by atoms with Gasteiger partial charge < -0.3 is 5.11 Å². The molecule has 14 heavy (non-hydrogen) atoms. The first-order valence-electron chi connectivity index (χ1n) is 4.94. The van der Waals surface area contributed by atoms with E-state index in [0.29, 0.717) is 5.92 Å². The largest absolute Gasteiger partial charge is 0.383 e. The highest BCUT2D eigenvalue weighted by Gasteiger charge is 2.36. The van der Waals surface area contributed by atoms with E-state index in [0.717, 1.165) is 28.1 Å². The summed E-state index contributed by atoms with van der Waals surface area (Å²) in [5.74, 6) is 0.608. The molecular weight excluding hydrogens is 262 g/mol. The van der Waals surface area contributed by atoms with E-state index in [-0.39, 0.29) is 0 Å². The SMILES string of the molecule is CC1CCC[C@](O)(c2ncc(Br)s2)C1. The zero-order chi connectivity index (χ0) is 10.2. The van der Waals surface area contributed by atoms with E-state index >= 15 is 0 Å². The van der Waals surface area contributed by atoms with E-state index < -0.39 is 5.60 Å². The van der Waals surface area contributed by atoms with Crippen molar-refractivity contribution in [1.29, 1.82) is 0 Å². The second-order valence-corrected chi connectivity index (χ2v) is 6.61. The molecule has 0 aliphatic heterocycles. The van der Waals surface area contributed by atoms with Crippen molar-refractivity contribution in [3.8, 4) is 0 Å². The number of thiazole rings is 1. The van der Waals surface area contributed by atoms with Crippen LogP contribution in [0.2, 0.25) is 0 Å². The smallest absolute Gasteiger partial charge is 0.125 e. The normalized spacial score (nSPS) is 33.2. The monoisotopic (exact) mass is 275 g/mol. The van der Waals surface area contributed by atoms with Crippen LogP contribution >= 0.6 is 27.3 Å². The number of hydrogen-bond acceptors (Lipinski definition) is 3. The van der Waals surface area contributed by atoms with Crippen LogP contribution in [-0.4, -0.2) is 10.1 Å². The number of aliphatic hydroxyl groups is 1. The van der Waals surface area contributed by atoms with Crippen molar-refractivity contribution in [2.24, 2.45) is 5.92 Å². The molecule has 1 fully saturated rings. The van der Waals surface area contributed by atoms with Gasteiger partial charge in [0.2, 0.25) is 0 Å². The summed E-state index contributed by atoms with van der Waals surface area (Å²) in [6.45, 7) is 2.20. The Labute approximate surface area is 96.5 Å². The van der Waals surface area contributed by atoms with Gasteiger partial charge in [-0.3, -0.25) is 0 Å². The van der Waals surface area contributed by atoms with Gasteiger partial charge in [-0.05, 0) is 41.1 Å². The van der Waals surface area contributed by atoms with Crippen LogP contribution in [-0.2, 0) is 5.60 Å². The van der Waals surface area contributed by atoms with Crippen molar-refractivity contribution in [1.82, 2.24) is 4.98 Å². The lowest BCUT2D eigenvalue weighted by Crippen LogP contribution is -2.31. The molecule has 0 radical (unpaired) electrons. The zero-order valence-corrected chi connectivity index (χ0v) is 10.6. The number of aromatic nitrogens is 1. The maximum atomic E-state index is 10.5. The first-order chi connectivity index (χ1) is 6.60. The van der Waals surface area contributed by atoms with Gasteiger partial charge >= 0.3 is 0 Å². The van der Waals surface area contributed by atoms with Crippen molar-refractivity contribution in [3.05, 3.63) is 15.0 Å². The zero-order valence-electron chi connectivity index (χ0n) is 8.16. The van der Waals surface area contributed by atoms with Crippen molar-refractivity contribution in [2.45, 2.75) is 38.2 Å². The van der Waals surface area contributed by atoms with Gasteiger partial charge in [-0.1, -0.05) is 13.3 Å². The lowest BCUT2D eigenvalue weighted by atomic mass is 9.79. The first kappa shape index (κ1) is 10.6. The van der Waals surface area contributed by atoms with Gasteiger partial charge in [0.05, 0.1) is 9.98 Å². The highest BCUT2D eigenvalue weighted by molar-refractivity contribution is 9.11. The summed E-state index contributed by atoms with van der Waals surface area (Å²) in [6.07, 6.45) is 5.82. The number of rotatable bonds is 1. The molecule has 1 aromatic heterocycles. The number of hydrogen-bond donors (Lipinski definition) is 1. The molecule has 1 aliphatic rings. The van der Waals surface area contributed by atoms with Crippen LogP contribution in [0.1, 0.15) is 37.6 Å². The van der Waals surface area contributed by atoms with Crippen molar-refractivity contribution in [2.75, 3.05) is 0 Å². The molecule has 1 N–H and O–H groups in total. The minimum atomic E-state index is -0.658. The standard InChI is InChI=1S/C10H14BrNOS/c1-7-3-2-4-10(13,5-7)9-12-6-8(11)14-9/h6-7,13H,2-5H2,1H3/t7?,10-/m1/s1. The molecule has 0 aromatic carbocycles. The van der Waals surface area contributed by atoms with E-state index in [1.54, 1.807) is 17.5 Å². The molecule has 1 heterocycles. The molecule has 1 saturated carbocycles. The molecule has 2 atom stereocenters. The van der Waals surface area contributed by atoms with Crippen LogP contribution in [0, 0.1) is 5.92 Å². The van der Waals surface area contributed by atoms with Gasteiger partial charge in [0, 0.05) is 0 Å². The summed E-state index contributed by atoms with van der Waals surface area (Å²) >= 11 is 4.93. The number of halogens is 1. The Morgan fingerprint density at radius 1 is 1.71 bits per heavy atom. The van der Waals surface area contributed by atoms with Crippen LogP contribution in [0.3, 0.4) is 0 Å².